The van der Waals surface area contributed by atoms with E-state index in [4.69, 9.17) is 17.2 Å². The van der Waals surface area contributed by atoms with E-state index >= 15 is 0 Å². The van der Waals surface area contributed by atoms with Crippen molar-refractivity contribution in [3.05, 3.63) is 69.8 Å². The lowest BCUT2D eigenvalue weighted by atomic mass is 9.81. The Balaban J connectivity index is 1.60. The third kappa shape index (κ3) is 6.01. The third-order valence-electron chi connectivity index (χ3n) is 6.27. The molecule has 1 aliphatic carbocycles. The maximum atomic E-state index is 14.0. The number of likely N-dealkylation sites (tertiary alicyclic amines) is 1. The third-order valence-corrected chi connectivity index (χ3v) is 6.27. The minimum Gasteiger partial charge on any atom is -0.391 e. The highest BCUT2D eigenvalue weighted by Crippen LogP contribution is 2.41. The van der Waals surface area contributed by atoms with E-state index in [9.17, 15) is 13.2 Å². The van der Waals surface area contributed by atoms with Crippen LogP contribution in [0, 0.1) is 0 Å². The van der Waals surface area contributed by atoms with Crippen molar-refractivity contribution in [2.45, 2.75) is 83.9 Å². The number of hydrogen-bond donors (Lipinski definition) is 0. The van der Waals surface area contributed by atoms with Gasteiger partial charge in [0, 0.05) is 16.1 Å². The first-order chi connectivity index (χ1) is 19.8. The van der Waals surface area contributed by atoms with Crippen LogP contribution >= 0.6 is 0 Å². The van der Waals surface area contributed by atoms with Gasteiger partial charge in [-0.15, -0.1) is 0 Å². The van der Waals surface area contributed by atoms with Gasteiger partial charge in [-0.25, -0.2) is 0 Å². The van der Waals surface area contributed by atoms with Gasteiger partial charge in [-0.05, 0) is 91.4 Å². The summed E-state index contributed by atoms with van der Waals surface area (Å²) in [7, 11) is 0. The fourth-order valence-corrected chi connectivity index (χ4v) is 4.37. The Labute approximate surface area is 213 Å². The quantitative estimate of drug-likeness (QED) is 0.289. The highest BCUT2D eigenvalue weighted by atomic mass is 19.4. The van der Waals surface area contributed by atoms with Gasteiger partial charge in [-0.2, -0.15) is 13.2 Å². The monoisotopic (exact) mass is 481 g/mol. The van der Waals surface area contributed by atoms with Crippen LogP contribution in [0.15, 0.2) is 41.6 Å². The Bertz CT molecular complexity index is 1360. The number of alkyl halides is 3. The molecule has 1 aliphatic heterocycles. The van der Waals surface area contributed by atoms with Crippen LogP contribution < -0.4 is 0 Å². The zero-order valence-corrected chi connectivity index (χ0v) is 19.3. The van der Waals surface area contributed by atoms with Crippen LogP contribution in [0.2, 0.25) is 0 Å². The topological polar surface area (TPSA) is 24.8 Å². The molecule has 4 rings (SSSR count). The molecule has 2 aromatic carbocycles. The highest BCUT2D eigenvalue weighted by molar-refractivity contribution is 5.98. The summed E-state index contributed by atoms with van der Waals surface area (Å²) in [6.45, 7) is -7.18. The molecule has 184 valence electrons. The number of halogens is 3. The van der Waals surface area contributed by atoms with Crippen molar-refractivity contribution in [1.82, 2.24) is 4.90 Å². The predicted molar refractivity (Wildman–Crippen MR) is 130 cm³/mol. The molecule has 6 heteroatoms. The molecule has 0 spiro atoms. The molecule has 0 unspecified atom stereocenters. The standard InChI is InChI=1S/C28H35F3N2O/c1-3-22-17-24(11-12-25(22)18-33-14-7-15-33)20(2)32-34-19-21-10-13-26(23-8-5-4-6-9-23)27(16-21)28(29,30)31/h10-13,16-17,23H,3-9,14-15,18-19H2,1-2H3/b32-20+/i7D,14D2,15D2,18D2,19D2. The Kier molecular flexibility index (Phi) is 5.02. The van der Waals surface area contributed by atoms with Crippen LogP contribution in [0.3, 0.4) is 0 Å². The number of aryl methyl sites for hydroxylation is 1. The van der Waals surface area contributed by atoms with Crippen LogP contribution in [0.25, 0.3) is 0 Å². The Morgan fingerprint density at radius 2 is 1.88 bits per heavy atom. The molecule has 0 bridgehead atoms. The summed E-state index contributed by atoms with van der Waals surface area (Å²) in [6.07, 6.45) is -2.21. The van der Waals surface area contributed by atoms with Crippen molar-refractivity contribution >= 4 is 5.71 Å². The van der Waals surface area contributed by atoms with Crippen LogP contribution in [0.5, 0.6) is 0 Å². The normalized spacial score (nSPS) is 26.4. The van der Waals surface area contributed by atoms with Gasteiger partial charge in [-0.3, -0.25) is 4.90 Å². The van der Waals surface area contributed by atoms with E-state index in [0.717, 1.165) is 25.3 Å². The van der Waals surface area contributed by atoms with Gasteiger partial charge in [0.05, 0.1) is 14.0 Å². The van der Waals surface area contributed by atoms with Crippen LogP contribution in [-0.4, -0.2) is 23.6 Å². The number of benzene rings is 2. The van der Waals surface area contributed by atoms with Crippen LogP contribution in [0.1, 0.15) is 104 Å². The second-order valence-corrected chi connectivity index (χ2v) is 8.58. The van der Waals surface area contributed by atoms with Crippen molar-refractivity contribution in [3.8, 4) is 0 Å². The lowest BCUT2D eigenvalue weighted by Crippen LogP contribution is -2.36. The fourth-order valence-electron chi connectivity index (χ4n) is 4.37. The lowest BCUT2D eigenvalue weighted by molar-refractivity contribution is -0.138. The molecule has 0 N–H and O–H groups in total. The van der Waals surface area contributed by atoms with E-state index in [0.29, 0.717) is 28.9 Å². The predicted octanol–water partition coefficient (Wildman–Crippen LogP) is 7.46. The number of hydrogen-bond acceptors (Lipinski definition) is 3. The molecule has 3 nitrogen and oxygen atoms in total. The zero-order valence-electron chi connectivity index (χ0n) is 28.3. The molecule has 1 heterocycles. The molecule has 2 aromatic rings. The van der Waals surface area contributed by atoms with Crippen LogP contribution in [0.4, 0.5) is 13.2 Å². The first kappa shape index (κ1) is 15.6. The van der Waals surface area contributed by atoms with E-state index in [1.807, 2.05) is 0 Å². The molecule has 1 saturated heterocycles. The van der Waals surface area contributed by atoms with Crippen molar-refractivity contribution < 1.29 is 30.3 Å². The Morgan fingerprint density at radius 1 is 1.12 bits per heavy atom. The maximum absolute atomic E-state index is 14.0. The molecule has 34 heavy (non-hydrogen) atoms. The van der Waals surface area contributed by atoms with Gasteiger partial charge in [0.2, 0.25) is 0 Å². The van der Waals surface area contributed by atoms with E-state index in [-0.39, 0.29) is 34.7 Å². The number of oxime groups is 1. The first-order valence-electron chi connectivity index (χ1n) is 16.1. The molecule has 1 saturated carbocycles. The van der Waals surface area contributed by atoms with E-state index in [1.165, 1.54) is 37.3 Å². The van der Waals surface area contributed by atoms with Crippen molar-refractivity contribution in [1.29, 1.82) is 0 Å². The SMILES string of the molecule is [2H]C1C([2H])([2H])N(C([2H])([2H])c2ccc(/C(C)=N/OC([2H])([2H])c3ccc(C4CCCCC4)c(C(F)(F)F)c3)cc2CC)C1([2H])[2H]. The summed E-state index contributed by atoms with van der Waals surface area (Å²) in [4.78, 5) is 5.55. The molecule has 0 radical (unpaired) electrons. The molecule has 0 amide bonds. The van der Waals surface area contributed by atoms with E-state index < -0.39 is 44.2 Å². The summed E-state index contributed by atoms with van der Waals surface area (Å²) in [5.41, 5.74) is -0.107. The van der Waals surface area contributed by atoms with Gasteiger partial charge in [0.15, 0.2) is 0 Å². The van der Waals surface area contributed by atoms with Crippen LogP contribution in [-0.2, 0) is 30.5 Å². The Hall–Kier alpha value is -2.34. The molecule has 0 aromatic heterocycles. The minimum atomic E-state index is -4.67. The summed E-state index contributed by atoms with van der Waals surface area (Å²) in [6, 6.07) is 7.74. The summed E-state index contributed by atoms with van der Waals surface area (Å²) < 4.78 is 116. The van der Waals surface area contributed by atoms with Crippen molar-refractivity contribution in [2.75, 3.05) is 13.0 Å². The minimum absolute atomic E-state index is 0.000170. The zero-order chi connectivity index (χ0) is 32.2. The number of nitrogens with zero attached hydrogens (tertiary/aromatic N) is 2. The van der Waals surface area contributed by atoms with Crippen molar-refractivity contribution in [3.63, 3.8) is 0 Å². The summed E-state index contributed by atoms with van der Waals surface area (Å²) in [5, 5.41) is 3.84. The van der Waals surface area contributed by atoms with E-state index in [1.54, 1.807) is 6.92 Å². The highest BCUT2D eigenvalue weighted by Gasteiger charge is 2.35. The average molecular weight is 482 g/mol. The second-order valence-electron chi connectivity index (χ2n) is 8.58. The average Bonchev–Trinajstić information content (AvgIpc) is 2.94. The molecular weight excluding hydrogens is 437 g/mol. The molecule has 2 fully saturated rings. The largest absolute Gasteiger partial charge is 0.416 e. The van der Waals surface area contributed by atoms with Gasteiger partial charge in [0.25, 0.3) is 0 Å². The van der Waals surface area contributed by atoms with Gasteiger partial charge in [-0.1, -0.05) is 55.6 Å². The maximum Gasteiger partial charge on any atom is 0.416 e. The molecular formula is C28H35F3N2O. The lowest BCUT2D eigenvalue weighted by Gasteiger charge is -2.31. The summed E-state index contributed by atoms with van der Waals surface area (Å²) in [5.74, 6) is -0.236. The second kappa shape index (κ2) is 10.9. The molecule has 2 aliphatic rings. The smallest absolute Gasteiger partial charge is 0.391 e. The van der Waals surface area contributed by atoms with Gasteiger partial charge < -0.3 is 4.84 Å². The van der Waals surface area contributed by atoms with E-state index in [2.05, 4.69) is 5.16 Å². The Morgan fingerprint density at radius 3 is 2.59 bits per heavy atom. The van der Waals surface area contributed by atoms with Crippen molar-refractivity contribution in [2.24, 2.45) is 5.16 Å². The number of rotatable bonds is 8. The van der Waals surface area contributed by atoms with Gasteiger partial charge in [0.1, 0.15) is 6.56 Å². The van der Waals surface area contributed by atoms with Gasteiger partial charge >= 0.3 is 6.18 Å². The fraction of sp³-hybridized carbons (Fsp3) is 0.536. The first-order valence-corrected chi connectivity index (χ1v) is 11.6. The molecule has 0 atom stereocenters. The summed E-state index contributed by atoms with van der Waals surface area (Å²) >= 11 is 0.